The van der Waals surface area contributed by atoms with Gasteiger partial charge in [0.25, 0.3) is 0 Å². The molecule has 0 aliphatic carbocycles. The lowest BCUT2D eigenvalue weighted by Crippen LogP contribution is -2.51. The van der Waals surface area contributed by atoms with Crippen LogP contribution in [0.1, 0.15) is 12.0 Å². The maximum absolute atomic E-state index is 12.0. The predicted molar refractivity (Wildman–Crippen MR) is 78.1 cm³/mol. The summed E-state index contributed by atoms with van der Waals surface area (Å²) in [7, 11) is 1.75. The first-order chi connectivity index (χ1) is 9.69. The predicted octanol–water partition coefficient (Wildman–Crippen LogP) is 0.887. The van der Waals surface area contributed by atoms with E-state index < -0.39 is 5.54 Å². The van der Waals surface area contributed by atoms with Crippen LogP contribution in [-0.2, 0) is 10.3 Å². The van der Waals surface area contributed by atoms with Crippen molar-refractivity contribution >= 4 is 17.7 Å². The molecule has 2 aromatic rings. The van der Waals surface area contributed by atoms with E-state index in [1.807, 2.05) is 30.3 Å². The van der Waals surface area contributed by atoms with Gasteiger partial charge in [-0.05, 0) is 19.0 Å². The van der Waals surface area contributed by atoms with Crippen molar-refractivity contribution in [3.8, 4) is 0 Å². The van der Waals surface area contributed by atoms with Gasteiger partial charge in [0.05, 0.1) is 0 Å². The third kappa shape index (κ3) is 3.00. The molecule has 4 N–H and O–H groups in total. The third-order valence-corrected chi connectivity index (χ3v) is 4.10. The standard InChI is InChI=1S/C13H17N5OS/c1-15-13(11(14)19,10-5-3-2-4-6-10)7-8-20-12-16-9-17-18-12/h2-6,9,15H,7-8H2,1H3,(H2,14,19)(H,16,17,18). The van der Waals surface area contributed by atoms with E-state index in [0.717, 1.165) is 10.7 Å². The Morgan fingerprint density at radius 3 is 2.75 bits per heavy atom. The largest absolute Gasteiger partial charge is 0.368 e. The molecule has 1 aromatic carbocycles. The third-order valence-electron chi connectivity index (χ3n) is 3.22. The van der Waals surface area contributed by atoms with Crippen LogP contribution in [0.25, 0.3) is 0 Å². The molecule has 0 bridgehead atoms. The number of rotatable bonds is 7. The minimum absolute atomic E-state index is 0.385. The van der Waals surface area contributed by atoms with Crippen LogP contribution < -0.4 is 11.1 Å². The Kier molecular flexibility index (Phi) is 4.75. The lowest BCUT2D eigenvalue weighted by Gasteiger charge is -2.30. The Morgan fingerprint density at radius 2 is 2.20 bits per heavy atom. The Balaban J connectivity index is 2.13. The smallest absolute Gasteiger partial charge is 0.242 e. The molecule has 1 atom stereocenters. The fourth-order valence-corrected chi connectivity index (χ4v) is 2.93. The molecule has 20 heavy (non-hydrogen) atoms. The van der Waals surface area contributed by atoms with E-state index in [4.69, 9.17) is 5.73 Å². The fourth-order valence-electron chi connectivity index (χ4n) is 2.09. The molecule has 1 aromatic heterocycles. The SMILES string of the molecule is CNC(CCSc1ncn[nH]1)(C(N)=O)c1ccccc1. The maximum atomic E-state index is 12.0. The summed E-state index contributed by atoms with van der Waals surface area (Å²) < 4.78 is 0. The Hall–Kier alpha value is -1.86. The number of nitrogens with one attached hydrogen (secondary N) is 2. The van der Waals surface area contributed by atoms with Gasteiger partial charge in [-0.1, -0.05) is 42.1 Å². The van der Waals surface area contributed by atoms with Crippen molar-refractivity contribution in [2.45, 2.75) is 17.1 Å². The second-order valence-corrected chi connectivity index (χ2v) is 5.36. The van der Waals surface area contributed by atoms with E-state index in [9.17, 15) is 4.79 Å². The lowest BCUT2D eigenvalue weighted by atomic mass is 9.86. The molecule has 0 spiro atoms. The average molecular weight is 291 g/mol. The molecule has 7 heteroatoms. The summed E-state index contributed by atoms with van der Waals surface area (Å²) >= 11 is 1.50. The first kappa shape index (κ1) is 14.5. The summed E-state index contributed by atoms with van der Waals surface area (Å²) in [5.74, 6) is 0.304. The number of likely N-dealkylation sites (N-methyl/N-ethyl adjacent to an activating group) is 1. The van der Waals surface area contributed by atoms with Gasteiger partial charge in [0.2, 0.25) is 5.91 Å². The van der Waals surface area contributed by atoms with Gasteiger partial charge >= 0.3 is 0 Å². The highest BCUT2D eigenvalue weighted by Crippen LogP contribution is 2.27. The summed E-state index contributed by atoms with van der Waals surface area (Å²) in [5.41, 5.74) is 5.63. The molecule has 0 saturated heterocycles. The molecule has 0 aliphatic rings. The van der Waals surface area contributed by atoms with E-state index >= 15 is 0 Å². The van der Waals surface area contributed by atoms with Gasteiger partial charge < -0.3 is 11.1 Å². The molecule has 1 amide bonds. The van der Waals surface area contributed by atoms with E-state index in [1.54, 1.807) is 7.05 Å². The molecule has 106 valence electrons. The van der Waals surface area contributed by atoms with Crippen molar-refractivity contribution in [1.29, 1.82) is 0 Å². The summed E-state index contributed by atoms with van der Waals surface area (Å²) in [6, 6.07) is 9.51. The van der Waals surface area contributed by atoms with Gasteiger partial charge in [-0.15, -0.1) is 0 Å². The van der Waals surface area contributed by atoms with Gasteiger partial charge in [-0.25, -0.2) is 4.98 Å². The highest BCUT2D eigenvalue weighted by molar-refractivity contribution is 7.99. The maximum Gasteiger partial charge on any atom is 0.242 e. The summed E-state index contributed by atoms with van der Waals surface area (Å²) in [6.07, 6.45) is 2.02. The number of benzene rings is 1. The molecule has 1 unspecified atom stereocenters. The Morgan fingerprint density at radius 1 is 1.45 bits per heavy atom. The number of aromatic amines is 1. The van der Waals surface area contributed by atoms with Gasteiger partial charge in [0.15, 0.2) is 5.16 Å². The number of H-pyrrole nitrogens is 1. The van der Waals surface area contributed by atoms with Gasteiger partial charge in [-0.2, -0.15) is 5.10 Å². The minimum atomic E-state index is -0.867. The highest BCUT2D eigenvalue weighted by Gasteiger charge is 2.36. The Labute approximate surface area is 121 Å². The second-order valence-electron chi connectivity index (χ2n) is 4.27. The zero-order valence-electron chi connectivity index (χ0n) is 11.2. The molecule has 0 radical (unpaired) electrons. The van der Waals surface area contributed by atoms with Crippen molar-refractivity contribution < 1.29 is 4.79 Å². The van der Waals surface area contributed by atoms with Crippen molar-refractivity contribution in [2.75, 3.05) is 12.8 Å². The van der Waals surface area contributed by atoms with Crippen LogP contribution in [0.15, 0.2) is 41.8 Å². The highest BCUT2D eigenvalue weighted by atomic mass is 32.2. The van der Waals surface area contributed by atoms with E-state index in [2.05, 4.69) is 20.5 Å². The molecular formula is C13H17N5OS. The molecule has 6 nitrogen and oxygen atoms in total. The number of nitrogens with two attached hydrogens (primary N) is 1. The van der Waals surface area contributed by atoms with E-state index in [1.165, 1.54) is 18.1 Å². The van der Waals surface area contributed by atoms with Crippen LogP contribution in [-0.4, -0.2) is 33.9 Å². The first-order valence-corrected chi connectivity index (χ1v) is 7.20. The van der Waals surface area contributed by atoms with Crippen LogP contribution in [0.5, 0.6) is 0 Å². The summed E-state index contributed by atoms with van der Waals surface area (Å²) in [5, 5.41) is 10.4. The van der Waals surface area contributed by atoms with Crippen LogP contribution >= 0.6 is 11.8 Å². The van der Waals surface area contributed by atoms with Crippen molar-refractivity contribution in [3.05, 3.63) is 42.2 Å². The Bertz CT molecular complexity index is 545. The molecule has 1 heterocycles. The molecular weight excluding hydrogens is 274 g/mol. The molecule has 2 rings (SSSR count). The van der Waals surface area contributed by atoms with E-state index in [-0.39, 0.29) is 5.91 Å². The number of aromatic nitrogens is 3. The van der Waals surface area contributed by atoms with Crippen molar-refractivity contribution in [3.63, 3.8) is 0 Å². The summed E-state index contributed by atoms with van der Waals surface area (Å²) in [6.45, 7) is 0. The lowest BCUT2D eigenvalue weighted by molar-refractivity contribution is -0.124. The number of thioether (sulfide) groups is 1. The zero-order chi connectivity index (χ0) is 14.4. The number of hydrogen-bond donors (Lipinski definition) is 3. The number of nitrogens with zero attached hydrogens (tertiary/aromatic N) is 2. The van der Waals surface area contributed by atoms with Gasteiger partial charge in [0, 0.05) is 5.75 Å². The zero-order valence-corrected chi connectivity index (χ0v) is 12.0. The number of hydrogen-bond acceptors (Lipinski definition) is 5. The quantitative estimate of drug-likeness (QED) is 0.658. The average Bonchev–Trinajstić information content (AvgIpc) is 2.97. The monoisotopic (exact) mass is 291 g/mol. The van der Waals surface area contributed by atoms with Crippen LogP contribution in [0.4, 0.5) is 0 Å². The summed E-state index contributed by atoms with van der Waals surface area (Å²) in [4.78, 5) is 16.0. The first-order valence-electron chi connectivity index (χ1n) is 6.21. The minimum Gasteiger partial charge on any atom is -0.368 e. The topological polar surface area (TPSA) is 96.7 Å². The van der Waals surface area contributed by atoms with Gasteiger partial charge in [0.1, 0.15) is 11.9 Å². The second kappa shape index (κ2) is 6.53. The number of amides is 1. The molecule has 0 aliphatic heterocycles. The van der Waals surface area contributed by atoms with Crippen LogP contribution in [0.2, 0.25) is 0 Å². The van der Waals surface area contributed by atoms with Crippen molar-refractivity contribution in [1.82, 2.24) is 20.5 Å². The van der Waals surface area contributed by atoms with Crippen LogP contribution in [0.3, 0.4) is 0 Å². The van der Waals surface area contributed by atoms with Gasteiger partial charge in [-0.3, -0.25) is 9.89 Å². The molecule has 0 fully saturated rings. The number of primary amides is 1. The molecule has 0 saturated carbocycles. The normalized spacial score (nSPS) is 13.8. The fraction of sp³-hybridized carbons (Fsp3) is 0.308. The number of carbonyl (C=O) groups excluding carboxylic acids is 1. The van der Waals surface area contributed by atoms with Crippen LogP contribution in [0, 0.1) is 0 Å². The van der Waals surface area contributed by atoms with Crippen molar-refractivity contribution in [2.24, 2.45) is 5.73 Å². The van der Waals surface area contributed by atoms with E-state index in [0.29, 0.717) is 12.2 Å². The number of carbonyl (C=O) groups is 1.